The molecule has 0 radical (unpaired) electrons. The number of hydrogen-bond donors (Lipinski definition) is 3. The molecule has 1 aromatic heterocycles. The molecule has 0 saturated heterocycles. The highest BCUT2D eigenvalue weighted by Crippen LogP contribution is 2.31. The van der Waals surface area contributed by atoms with Crippen LogP contribution in [-0.4, -0.2) is 23.2 Å². The summed E-state index contributed by atoms with van der Waals surface area (Å²) in [4.78, 5) is 12.3. The minimum absolute atomic E-state index is 0.138. The maximum Gasteiger partial charge on any atom is 0.257 e. The number of hydrogen-bond acceptors (Lipinski definition) is 5. The summed E-state index contributed by atoms with van der Waals surface area (Å²) in [5.74, 6) is 1.30. The van der Waals surface area contributed by atoms with Crippen LogP contribution < -0.4 is 15.4 Å². The van der Waals surface area contributed by atoms with Crippen molar-refractivity contribution in [1.82, 2.24) is 5.32 Å². The fraction of sp³-hybridized carbons (Fsp3) is 0.100. The number of rotatable bonds is 5. The van der Waals surface area contributed by atoms with E-state index in [1.165, 1.54) is 0 Å². The van der Waals surface area contributed by atoms with Gasteiger partial charge in [0.15, 0.2) is 5.11 Å². The lowest BCUT2D eigenvalue weighted by atomic mass is 10.1. The van der Waals surface area contributed by atoms with Gasteiger partial charge in [-0.05, 0) is 66.8 Å². The number of methoxy groups -OCH3 is 1. The Labute approximate surface area is 175 Å². The SMILES string of the molecule is COc1ccc(-c2ccc(CO)o2)cc1NC(=S)NC(=O)c1ccc(Br)cc1. The Morgan fingerprint density at radius 1 is 1.18 bits per heavy atom. The molecule has 6 nitrogen and oxygen atoms in total. The van der Waals surface area contributed by atoms with Gasteiger partial charge in [-0.15, -0.1) is 0 Å². The minimum Gasteiger partial charge on any atom is -0.495 e. The van der Waals surface area contributed by atoms with Gasteiger partial charge in [0.2, 0.25) is 0 Å². The molecule has 28 heavy (non-hydrogen) atoms. The van der Waals surface area contributed by atoms with Gasteiger partial charge >= 0.3 is 0 Å². The predicted molar refractivity (Wildman–Crippen MR) is 114 cm³/mol. The molecule has 0 atom stereocenters. The van der Waals surface area contributed by atoms with Crippen LogP contribution in [0.3, 0.4) is 0 Å². The van der Waals surface area contributed by atoms with Crippen molar-refractivity contribution in [3.8, 4) is 17.1 Å². The highest BCUT2D eigenvalue weighted by molar-refractivity contribution is 9.10. The molecule has 3 aromatic rings. The summed E-state index contributed by atoms with van der Waals surface area (Å²) in [5.41, 5.74) is 1.83. The fourth-order valence-corrected chi connectivity index (χ4v) is 2.97. The standard InChI is InChI=1S/C20H17BrN2O4S/c1-26-18-8-4-13(17-9-7-15(11-24)27-17)10-16(18)22-20(28)23-19(25)12-2-5-14(21)6-3-12/h2-10,24H,11H2,1H3,(H2,22,23,25,28). The number of thiocarbonyl (C=S) groups is 1. The van der Waals surface area contributed by atoms with Crippen LogP contribution in [0.1, 0.15) is 16.1 Å². The van der Waals surface area contributed by atoms with Gasteiger partial charge in [0, 0.05) is 15.6 Å². The van der Waals surface area contributed by atoms with E-state index >= 15 is 0 Å². The molecule has 0 aliphatic rings. The maximum absolute atomic E-state index is 12.3. The Morgan fingerprint density at radius 3 is 2.57 bits per heavy atom. The first-order chi connectivity index (χ1) is 13.5. The summed E-state index contributed by atoms with van der Waals surface area (Å²) in [5, 5.41) is 14.9. The molecule has 1 amide bonds. The average Bonchev–Trinajstić information content (AvgIpc) is 3.17. The molecule has 0 aliphatic heterocycles. The van der Waals surface area contributed by atoms with Gasteiger partial charge in [0.25, 0.3) is 5.91 Å². The number of aliphatic hydroxyl groups excluding tert-OH is 1. The molecule has 0 unspecified atom stereocenters. The van der Waals surface area contributed by atoms with Crippen molar-refractivity contribution in [2.24, 2.45) is 0 Å². The number of ether oxygens (including phenoxy) is 1. The van der Waals surface area contributed by atoms with Crippen molar-refractivity contribution >= 4 is 44.9 Å². The lowest BCUT2D eigenvalue weighted by Crippen LogP contribution is -2.34. The molecule has 0 bridgehead atoms. The lowest BCUT2D eigenvalue weighted by molar-refractivity contribution is 0.0977. The topological polar surface area (TPSA) is 83.7 Å². The van der Waals surface area contributed by atoms with Crippen LogP contribution in [-0.2, 0) is 6.61 Å². The number of nitrogens with one attached hydrogen (secondary N) is 2. The van der Waals surface area contributed by atoms with Crippen LogP contribution in [0.2, 0.25) is 0 Å². The average molecular weight is 461 g/mol. The van der Waals surface area contributed by atoms with Gasteiger partial charge in [0.1, 0.15) is 23.9 Å². The first kappa shape index (κ1) is 20.1. The molecule has 0 spiro atoms. The second-order valence-electron chi connectivity index (χ2n) is 5.75. The summed E-state index contributed by atoms with van der Waals surface area (Å²) in [7, 11) is 1.54. The maximum atomic E-state index is 12.3. The summed E-state index contributed by atoms with van der Waals surface area (Å²) in [6.07, 6.45) is 0. The summed E-state index contributed by atoms with van der Waals surface area (Å²) in [6, 6.07) is 15.8. The van der Waals surface area contributed by atoms with Crippen molar-refractivity contribution in [2.45, 2.75) is 6.61 Å². The Bertz CT molecular complexity index is 1000. The van der Waals surface area contributed by atoms with Crippen LogP contribution >= 0.6 is 28.1 Å². The zero-order valence-corrected chi connectivity index (χ0v) is 17.3. The number of anilines is 1. The third-order valence-electron chi connectivity index (χ3n) is 3.88. The Morgan fingerprint density at radius 2 is 1.93 bits per heavy atom. The van der Waals surface area contributed by atoms with Crippen LogP contribution in [0.4, 0.5) is 5.69 Å². The monoisotopic (exact) mass is 460 g/mol. The van der Waals surface area contributed by atoms with Gasteiger partial charge in [-0.2, -0.15) is 0 Å². The van der Waals surface area contributed by atoms with Gasteiger partial charge in [-0.3, -0.25) is 10.1 Å². The third kappa shape index (κ3) is 4.78. The fourth-order valence-electron chi connectivity index (χ4n) is 2.51. The first-order valence-electron chi connectivity index (χ1n) is 8.26. The quantitative estimate of drug-likeness (QED) is 0.491. The molecule has 0 saturated carbocycles. The minimum atomic E-state index is -0.321. The predicted octanol–water partition coefficient (Wildman–Crippen LogP) is 4.34. The van der Waals surface area contributed by atoms with Crippen LogP contribution in [0.15, 0.2) is 63.5 Å². The number of benzene rings is 2. The Kier molecular flexibility index (Phi) is 6.45. The lowest BCUT2D eigenvalue weighted by Gasteiger charge is -2.14. The highest BCUT2D eigenvalue weighted by atomic mass is 79.9. The van der Waals surface area contributed by atoms with E-state index < -0.39 is 0 Å². The number of amides is 1. The highest BCUT2D eigenvalue weighted by Gasteiger charge is 2.12. The van der Waals surface area contributed by atoms with Crippen LogP contribution in [0.5, 0.6) is 5.75 Å². The van der Waals surface area contributed by atoms with E-state index in [9.17, 15) is 4.79 Å². The smallest absolute Gasteiger partial charge is 0.257 e. The number of carbonyl (C=O) groups is 1. The van der Waals surface area contributed by atoms with Crippen molar-refractivity contribution < 1.29 is 19.1 Å². The molecule has 2 aromatic carbocycles. The van der Waals surface area contributed by atoms with E-state index in [1.807, 2.05) is 6.07 Å². The molecule has 8 heteroatoms. The molecule has 0 fully saturated rings. The van der Waals surface area contributed by atoms with Gasteiger partial charge < -0.3 is 19.6 Å². The molecule has 3 rings (SSSR count). The second-order valence-corrected chi connectivity index (χ2v) is 7.08. The van der Waals surface area contributed by atoms with E-state index in [0.29, 0.717) is 28.5 Å². The zero-order valence-electron chi connectivity index (χ0n) is 14.9. The van der Waals surface area contributed by atoms with E-state index in [2.05, 4.69) is 26.6 Å². The van der Waals surface area contributed by atoms with Crippen molar-refractivity contribution in [2.75, 3.05) is 12.4 Å². The van der Waals surface area contributed by atoms with E-state index in [-0.39, 0.29) is 17.6 Å². The second kappa shape index (κ2) is 9.01. The third-order valence-corrected chi connectivity index (χ3v) is 4.62. The number of halogens is 1. The normalized spacial score (nSPS) is 10.4. The van der Waals surface area contributed by atoms with E-state index in [4.69, 9.17) is 26.5 Å². The molecule has 3 N–H and O–H groups in total. The molecule has 0 aliphatic carbocycles. The first-order valence-corrected chi connectivity index (χ1v) is 9.46. The summed E-state index contributed by atoms with van der Waals surface area (Å²) >= 11 is 8.60. The van der Waals surface area contributed by atoms with Gasteiger partial charge in [-0.1, -0.05) is 15.9 Å². The summed E-state index contributed by atoms with van der Waals surface area (Å²) in [6.45, 7) is -0.173. The van der Waals surface area contributed by atoms with Gasteiger partial charge in [0.05, 0.1) is 12.8 Å². The largest absolute Gasteiger partial charge is 0.495 e. The molecular formula is C20H17BrN2O4S. The zero-order chi connectivity index (χ0) is 20.1. The van der Waals surface area contributed by atoms with Crippen LogP contribution in [0, 0.1) is 0 Å². The van der Waals surface area contributed by atoms with E-state index in [0.717, 1.165) is 10.0 Å². The van der Waals surface area contributed by atoms with Crippen molar-refractivity contribution in [3.63, 3.8) is 0 Å². The Hall–Kier alpha value is -2.68. The van der Waals surface area contributed by atoms with Gasteiger partial charge in [-0.25, -0.2) is 0 Å². The van der Waals surface area contributed by atoms with Crippen LogP contribution in [0.25, 0.3) is 11.3 Å². The molecule has 144 valence electrons. The van der Waals surface area contributed by atoms with Crippen molar-refractivity contribution in [3.05, 3.63) is 70.4 Å². The molecule has 1 heterocycles. The van der Waals surface area contributed by atoms with E-state index in [1.54, 1.807) is 55.6 Å². The summed E-state index contributed by atoms with van der Waals surface area (Å²) < 4.78 is 11.8. The molecular weight excluding hydrogens is 444 g/mol. The van der Waals surface area contributed by atoms with Crippen molar-refractivity contribution in [1.29, 1.82) is 0 Å². The number of aliphatic hydroxyl groups is 1. The number of carbonyl (C=O) groups excluding carboxylic acids is 1. The number of furan rings is 1. The Balaban J connectivity index is 1.76.